The van der Waals surface area contributed by atoms with E-state index in [4.69, 9.17) is 33.7 Å². The van der Waals surface area contributed by atoms with E-state index in [1.54, 1.807) is 6.07 Å². The van der Waals surface area contributed by atoms with Gasteiger partial charge in [0.2, 0.25) is 0 Å². The molecule has 0 saturated heterocycles. The van der Waals surface area contributed by atoms with Crippen LogP contribution in [0.5, 0.6) is 5.75 Å². The number of rotatable bonds is 4. The number of nitrogens with two attached hydrogens (primary N) is 1. The highest BCUT2D eigenvalue weighted by atomic mass is 35.5. The molecule has 0 fully saturated rings. The lowest BCUT2D eigenvalue weighted by atomic mass is 10.0. The highest BCUT2D eigenvalue weighted by Gasteiger charge is 2.21. The fraction of sp³-hybridized carbons (Fsp3) is 0.250. The third kappa shape index (κ3) is 3.45. The molecule has 2 unspecified atom stereocenters. The van der Waals surface area contributed by atoms with Crippen molar-refractivity contribution in [3.63, 3.8) is 0 Å². The Labute approximate surface area is 129 Å². The second kappa shape index (κ2) is 6.49. The molecule has 4 heteroatoms. The molecular formula is C16H17Cl2NO. The third-order valence-electron chi connectivity index (χ3n) is 3.08. The molecule has 0 aliphatic carbocycles. The third-order valence-corrected chi connectivity index (χ3v) is 3.66. The lowest BCUT2D eigenvalue weighted by Gasteiger charge is -2.24. The molecule has 0 aliphatic heterocycles. The summed E-state index contributed by atoms with van der Waals surface area (Å²) in [6.45, 7) is 3.85. The Hall–Kier alpha value is -1.22. The topological polar surface area (TPSA) is 35.2 Å². The Bertz CT molecular complexity index is 599. The van der Waals surface area contributed by atoms with Crippen LogP contribution in [-0.4, -0.2) is 6.04 Å². The van der Waals surface area contributed by atoms with E-state index in [9.17, 15) is 0 Å². The molecule has 0 saturated carbocycles. The average Bonchev–Trinajstić information content (AvgIpc) is 2.39. The molecule has 0 spiro atoms. The predicted octanol–water partition coefficient (Wildman–Crippen LogP) is 4.77. The first-order valence-electron chi connectivity index (χ1n) is 6.42. The minimum Gasteiger partial charge on any atom is -0.484 e. The largest absolute Gasteiger partial charge is 0.484 e. The Morgan fingerprint density at radius 3 is 2.40 bits per heavy atom. The molecule has 2 N–H and O–H groups in total. The van der Waals surface area contributed by atoms with Crippen LogP contribution in [0.2, 0.25) is 10.0 Å². The summed E-state index contributed by atoms with van der Waals surface area (Å²) in [6.07, 6.45) is -0.302. The van der Waals surface area contributed by atoms with Crippen molar-refractivity contribution in [1.29, 1.82) is 0 Å². The monoisotopic (exact) mass is 309 g/mol. The summed E-state index contributed by atoms with van der Waals surface area (Å²) in [5.41, 5.74) is 7.91. The van der Waals surface area contributed by atoms with Crippen molar-refractivity contribution < 1.29 is 4.74 Å². The molecule has 0 heterocycles. The molecule has 0 radical (unpaired) electrons. The standard InChI is InChI=1S/C16H17Cl2NO/c1-10-9-12(17)7-8-15(10)20-16(11(2)19)13-5-3-4-6-14(13)18/h3-9,11,16H,19H2,1-2H3. The van der Waals surface area contributed by atoms with Gasteiger partial charge < -0.3 is 10.5 Å². The number of aryl methyl sites for hydroxylation is 1. The van der Waals surface area contributed by atoms with Gasteiger partial charge in [-0.25, -0.2) is 0 Å². The van der Waals surface area contributed by atoms with E-state index in [1.807, 2.05) is 50.2 Å². The van der Waals surface area contributed by atoms with Gasteiger partial charge >= 0.3 is 0 Å². The zero-order valence-corrected chi connectivity index (χ0v) is 12.9. The molecule has 2 atom stereocenters. The lowest BCUT2D eigenvalue weighted by molar-refractivity contribution is 0.179. The fourth-order valence-corrected chi connectivity index (χ4v) is 2.51. The molecule has 20 heavy (non-hydrogen) atoms. The van der Waals surface area contributed by atoms with Gasteiger partial charge in [0.25, 0.3) is 0 Å². The Kier molecular flexibility index (Phi) is 4.92. The molecular weight excluding hydrogens is 293 g/mol. The normalized spacial score (nSPS) is 13.8. The maximum atomic E-state index is 6.24. The van der Waals surface area contributed by atoms with Gasteiger partial charge in [0.15, 0.2) is 0 Å². The van der Waals surface area contributed by atoms with Gasteiger partial charge in [0.1, 0.15) is 11.9 Å². The number of halogens is 2. The van der Waals surface area contributed by atoms with Gasteiger partial charge in [-0.05, 0) is 43.7 Å². The second-order valence-corrected chi connectivity index (χ2v) is 5.67. The van der Waals surface area contributed by atoms with Crippen LogP contribution in [0.25, 0.3) is 0 Å². The van der Waals surface area contributed by atoms with E-state index < -0.39 is 0 Å². The zero-order valence-electron chi connectivity index (χ0n) is 11.4. The molecule has 106 valence electrons. The molecule has 2 aromatic rings. The van der Waals surface area contributed by atoms with Crippen molar-refractivity contribution in [1.82, 2.24) is 0 Å². The minimum absolute atomic E-state index is 0.190. The molecule has 0 bridgehead atoms. The van der Waals surface area contributed by atoms with Crippen LogP contribution in [0.1, 0.15) is 24.2 Å². The van der Waals surface area contributed by atoms with Crippen molar-refractivity contribution in [3.8, 4) is 5.75 Å². The van der Waals surface area contributed by atoms with Crippen molar-refractivity contribution >= 4 is 23.2 Å². The van der Waals surface area contributed by atoms with Gasteiger partial charge in [0.05, 0.1) is 0 Å². The van der Waals surface area contributed by atoms with Crippen molar-refractivity contribution in [2.75, 3.05) is 0 Å². The van der Waals surface area contributed by atoms with Crippen molar-refractivity contribution in [3.05, 3.63) is 63.6 Å². The van der Waals surface area contributed by atoms with E-state index in [0.29, 0.717) is 10.0 Å². The summed E-state index contributed by atoms with van der Waals surface area (Å²) < 4.78 is 6.06. The molecule has 0 amide bonds. The van der Waals surface area contributed by atoms with E-state index in [-0.39, 0.29) is 12.1 Å². The zero-order chi connectivity index (χ0) is 14.7. The quantitative estimate of drug-likeness (QED) is 0.883. The van der Waals surface area contributed by atoms with Crippen LogP contribution in [0, 0.1) is 6.92 Å². The first-order valence-corrected chi connectivity index (χ1v) is 7.17. The summed E-state index contributed by atoms with van der Waals surface area (Å²) >= 11 is 12.2. The molecule has 2 aromatic carbocycles. The number of hydrogen-bond donors (Lipinski definition) is 1. The van der Waals surface area contributed by atoms with E-state index in [2.05, 4.69) is 0 Å². The minimum atomic E-state index is -0.302. The first-order chi connectivity index (χ1) is 9.49. The van der Waals surface area contributed by atoms with Gasteiger partial charge in [-0.3, -0.25) is 0 Å². The molecule has 2 nitrogen and oxygen atoms in total. The Morgan fingerprint density at radius 1 is 1.10 bits per heavy atom. The van der Waals surface area contributed by atoms with Gasteiger partial charge in [-0.2, -0.15) is 0 Å². The van der Waals surface area contributed by atoms with E-state index in [0.717, 1.165) is 16.9 Å². The molecule has 0 aromatic heterocycles. The maximum absolute atomic E-state index is 6.24. The van der Waals surface area contributed by atoms with Crippen LogP contribution in [0.15, 0.2) is 42.5 Å². The summed E-state index contributed by atoms with van der Waals surface area (Å²) in [4.78, 5) is 0. The summed E-state index contributed by atoms with van der Waals surface area (Å²) in [7, 11) is 0. The predicted molar refractivity (Wildman–Crippen MR) is 84.7 cm³/mol. The summed E-state index contributed by atoms with van der Waals surface area (Å²) in [5, 5.41) is 1.34. The molecule has 2 rings (SSSR count). The van der Waals surface area contributed by atoms with Gasteiger partial charge in [-0.1, -0.05) is 41.4 Å². The van der Waals surface area contributed by atoms with E-state index >= 15 is 0 Å². The highest BCUT2D eigenvalue weighted by molar-refractivity contribution is 6.31. The van der Waals surface area contributed by atoms with Crippen molar-refractivity contribution in [2.45, 2.75) is 26.0 Å². The Morgan fingerprint density at radius 2 is 1.80 bits per heavy atom. The molecule has 0 aliphatic rings. The maximum Gasteiger partial charge on any atom is 0.140 e. The Balaban J connectivity index is 2.33. The summed E-state index contributed by atoms with van der Waals surface area (Å²) in [5.74, 6) is 0.761. The summed E-state index contributed by atoms with van der Waals surface area (Å²) in [6, 6.07) is 12.9. The van der Waals surface area contributed by atoms with E-state index in [1.165, 1.54) is 0 Å². The van der Waals surface area contributed by atoms with Crippen LogP contribution < -0.4 is 10.5 Å². The fourth-order valence-electron chi connectivity index (χ4n) is 2.04. The first kappa shape index (κ1) is 15.2. The smallest absolute Gasteiger partial charge is 0.140 e. The average molecular weight is 310 g/mol. The number of ether oxygens (including phenoxy) is 1. The number of hydrogen-bond acceptors (Lipinski definition) is 2. The van der Waals surface area contributed by atoms with Crippen LogP contribution >= 0.6 is 23.2 Å². The van der Waals surface area contributed by atoms with Crippen LogP contribution in [0.4, 0.5) is 0 Å². The SMILES string of the molecule is Cc1cc(Cl)ccc1OC(c1ccccc1Cl)C(C)N. The second-order valence-electron chi connectivity index (χ2n) is 4.83. The van der Waals surface area contributed by atoms with Crippen molar-refractivity contribution in [2.24, 2.45) is 5.73 Å². The highest BCUT2D eigenvalue weighted by Crippen LogP contribution is 2.31. The van der Waals surface area contributed by atoms with Crippen LogP contribution in [0.3, 0.4) is 0 Å². The number of benzene rings is 2. The van der Waals surface area contributed by atoms with Crippen LogP contribution in [-0.2, 0) is 0 Å². The van der Waals surface area contributed by atoms with Gasteiger partial charge in [0, 0.05) is 21.7 Å². The lowest BCUT2D eigenvalue weighted by Crippen LogP contribution is -2.29. The van der Waals surface area contributed by atoms with Gasteiger partial charge in [-0.15, -0.1) is 0 Å².